The van der Waals surface area contributed by atoms with E-state index in [-0.39, 0.29) is 0 Å². The van der Waals surface area contributed by atoms with Crippen molar-refractivity contribution in [1.82, 2.24) is 4.98 Å². The van der Waals surface area contributed by atoms with Crippen LogP contribution < -0.4 is 11.1 Å². The fraction of sp³-hybridized carbons (Fsp3) is 0.118. The number of guanidine groups is 1. The number of aromatic amines is 1. The Bertz CT molecular complexity index is 793. The number of halogens is 1. The molecule has 0 radical (unpaired) electrons. The highest BCUT2D eigenvalue weighted by atomic mass is 35.5. The maximum Gasteiger partial charge on any atom is 0.193 e. The number of benzene rings is 2. The predicted octanol–water partition coefficient (Wildman–Crippen LogP) is 3.79. The van der Waals surface area contributed by atoms with Gasteiger partial charge in [-0.25, -0.2) is 0 Å². The van der Waals surface area contributed by atoms with Crippen LogP contribution in [0.1, 0.15) is 5.56 Å². The topological polar surface area (TPSA) is 66.2 Å². The molecule has 5 heteroatoms. The summed E-state index contributed by atoms with van der Waals surface area (Å²) in [5, 5.41) is 4.94. The SMILES string of the molecule is NC(=NCCc1c[nH]c2ccc(Cl)cc12)Nc1ccccc1. The van der Waals surface area contributed by atoms with Gasteiger partial charge in [-0.05, 0) is 42.3 Å². The minimum atomic E-state index is 0.420. The van der Waals surface area contributed by atoms with Crippen LogP contribution in [-0.4, -0.2) is 17.5 Å². The van der Waals surface area contributed by atoms with E-state index in [2.05, 4.69) is 15.3 Å². The molecule has 0 spiro atoms. The van der Waals surface area contributed by atoms with Gasteiger partial charge in [0, 0.05) is 34.4 Å². The average Bonchev–Trinajstić information content (AvgIpc) is 2.91. The molecule has 112 valence electrons. The summed E-state index contributed by atoms with van der Waals surface area (Å²) in [6, 6.07) is 15.6. The Morgan fingerprint density at radius 3 is 2.82 bits per heavy atom. The molecule has 0 aliphatic carbocycles. The van der Waals surface area contributed by atoms with Crippen molar-refractivity contribution in [2.24, 2.45) is 10.7 Å². The van der Waals surface area contributed by atoms with Crippen LogP contribution in [0, 0.1) is 0 Å². The van der Waals surface area contributed by atoms with Gasteiger partial charge < -0.3 is 16.0 Å². The van der Waals surface area contributed by atoms with Crippen LogP contribution in [0.5, 0.6) is 0 Å². The van der Waals surface area contributed by atoms with E-state index in [9.17, 15) is 0 Å². The van der Waals surface area contributed by atoms with Crippen LogP contribution >= 0.6 is 11.6 Å². The van der Waals surface area contributed by atoms with Gasteiger partial charge in [-0.15, -0.1) is 0 Å². The van der Waals surface area contributed by atoms with E-state index < -0.39 is 0 Å². The van der Waals surface area contributed by atoms with E-state index >= 15 is 0 Å². The van der Waals surface area contributed by atoms with Gasteiger partial charge in [-0.2, -0.15) is 0 Å². The fourth-order valence-electron chi connectivity index (χ4n) is 2.36. The second kappa shape index (κ2) is 6.54. The van der Waals surface area contributed by atoms with Crippen molar-refractivity contribution in [2.45, 2.75) is 6.42 Å². The zero-order chi connectivity index (χ0) is 15.4. The third-order valence-corrected chi connectivity index (χ3v) is 3.67. The van der Waals surface area contributed by atoms with E-state index in [1.165, 1.54) is 5.56 Å². The Morgan fingerprint density at radius 2 is 2.00 bits per heavy atom. The minimum absolute atomic E-state index is 0.420. The van der Waals surface area contributed by atoms with Gasteiger partial charge in [0.2, 0.25) is 0 Å². The van der Waals surface area contributed by atoms with Crippen LogP contribution in [0.2, 0.25) is 5.02 Å². The van der Waals surface area contributed by atoms with Gasteiger partial charge >= 0.3 is 0 Å². The molecular formula is C17H17ClN4. The summed E-state index contributed by atoms with van der Waals surface area (Å²) in [7, 11) is 0. The van der Waals surface area contributed by atoms with Crippen LogP contribution in [0.25, 0.3) is 10.9 Å². The number of nitrogens with zero attached hydrogens (tertiary/aromatic N) is 1. The highest BCUT2D eigenvalue weighted by Gasteiger charge is 2.04. The molecule has 1 aromatic heterocycles. The van der Waals surface area contributed by atoms with E-state index in [1.807, 2.05) is 54.7 Å². The first-order valence-electron chi connectivity index (χ1n) is 7.10. The van der Waals surface area contributed by atoms with Gasteiger partial charge in [0.1, 0.15) is 0 Å². The molecule has 0 fully saturated rings. The fourth-order valence-corrected chi connectivity index (χ4v) is 2.54. The highest BCUT2D eigenvalue weighted by Crippen LogP contribution is 2.22. The lowest BCUT2D eigenvalue weighted by molar-refractivity contribution is 0.972. The molecule has 1 heterocycles. The number of aromatic nitrogens is 1. The van der Waals surface area contributed by atoms with Crippen molar-refractivity contribution in [3.05, 3.63) is 65.3 Å². The molecule has 4 nitrogen and oxygen atoms in total. The zero-order valence-corrected chi connectivity index (χ0v) is 12.8. The summed E-state index contributed by atoms with van der Waals surface area (Å²) >= 11 is 6.05. The molecular weight excluding hydrogens is 296 g/mol. The summed E-state index contributed by atoms with van der Waals surface area (Å²) in [5.41, 5.74) is 9.10. The van der Waals surface area contributed by atoms with Crippen molar-refractivity contribution >= 4 is 34.2 Å². The first-order chi connectivity index (χ1) is 10.7. The summed E-state index contributed by atoms with van der Waals surface area (Å²) in [6.07, 6.45) is 2.80. The number of nitrogens with one attached hydrogen (secondary N) is 2. The summed E-state index contributed by atoms with van der Waals surface area (Å²) < 4.78 is 0. The second-order valence-corrected chi connectivity index (χ2v) is 5.45. The number of fused-ring (bicyclic) bond motifs is 1. The molecule has 3 aromatic rings. The predicted molar refractivity (Wildman–Crippen MR) is 93.6 cm³/mol. The smallest absolute Gasteiger partial charge is 0.193 e. The van der Waals surface area contributed by atoms with E-state index in [0.717, 1.165) is 28.0 Å². The molecule has 0 bridgehead atoms. The Labute approximate surface area is 134 Å². The third kappa shape index (κ3) is 3.40. The maximum atomic E-state index is 6.05. The van der Waals surface area contributed by atoms with Gasteiger partial charge in [-0.3, -0.25) is 4.99 Å². The van der Waals surface area contributed by atoms with Crippen molar-refractivity contribution in [2.75, 3.05) is 11.9 Å². The van der Waals surface area contributed by atoms with E-state index in [1.54, 1.807) is 0 Å². The van der Waals surface area contributed by atoms with Crippen molar-refractivity contribution in [3.8, 4) is 0 Å². The van der Waals surface area contributed by atoms with Crippen LogP contribution in [0.15, 0.2) is 59.7 Å². The number of para-hydroxylation sites is 1. The van der Waals surface area contributed by atoms with Gasteiger partial charge in [0.25, 0.3) is 0 Å². The lowest BCUT2D eigenvalue weighted by Crippen LogP contribution is -2.22. The van der Waals surface area contributed by atoms with Crippen LogP contribution in [0.3, 0.4) is 0 Å². The van der Waals surface area contributed by atoms with Gasteiger partial charge in [0.15, 0.2) is 5.96 Å². The monoisotopic (exact) mass is 312 g/mol. The maximum absolute atomic E-state index is 6.05. The standard InChI is InChI=1S/C17H17ClN4/c18-13-6-7-16-15(10-13)12(11-21-16)8-9-20-17(19)22-14-4-2-1-3-5-14/h1-7,10-11,21H,8-9H2,(H3,19,20,22). The first kappa shape index (κ1) is 14.5. The quantitative estimate of drug-likeness (QED) is 0.507. The molecule has 0 saturated heterocycles. The summed E-state index contributed by atoms with van der Waals surface area (Å²) in [4.78, 5) is 7.60. The number of nitrogens with two attached hydrogens (primary N) is 1. The molecule has 3 rings (SSSR count). The number of hydrogen-bond donors (Lipinski definition) is 3. The normalized spacial score (nSPS) is 11.8. The van der Waals surface area contributed by atoms with E-state index in [4.69, 9.17) is 17.3 Å². The lowest BCUT2D eigenvalue weighted by atomic mass is 10.1. The molecule has 0 atom stereocenters. The van der Waals surface area contributed by atoms with Crippen LogP contribution in [0.4, 0.5) is 5.69 Å². The Morgan fingerprint density at radius 1 is 1.18 bits per heavy atom. The summed E-state index contributed by atoms with van der Waals surface area (Å²) in [6.45, 7) is 0.616. The lowest BCUT2D eigenvalue weighted by Gasteiger charge is -2.05. The highest BCUT2D eigenvalue weighted by molar-refractivity contribution is 6.31. The molecule has 0 aliphatic heterocycles. The number of rotatable bonds is 4. The van der Waals surface area contributed by atoms with Gasteiger partial charge in [-0.1, -0.05) is 29.8 Å². The van der Waals surface area contributed by atoms with Crippen molar-refractivity contribution in [1.29, 1.82) is 0 Å². The zero-order valence-electron chi connectivity index (χ0n) is 12.0. The Hall–Kier alpha value is -2.46. The molecule has 0 amide bonds. The number of hydrogen-bond acceptors (Lipinski definition) is 1. The molecule has 0 aliphatic rings. The number of aliphatic imine (C=N–C) groups is 1. The number of anilines is 1. The first-order valence-corrected chi connectivity index (χ1v) is 7.48. The largest absolute Gasteiger partial charge is 0.370 e. The second-order valence-electron chi connectivity index (χ2n) is 5.01. The average molecular weight is 313 g/mol. The summed E-state index contributed by atoms with van der Waals surface area (Å²) in [5.74, 6) is 0.420. The van der Waals surface area contributed by atoms with Crippen molar-refractivity contribution in [3.63, 3.8) is 0 Å². The molecule has 2 aromatic carbocycles. The minimum Gasteiger partial charge on any atom is -0.370 e. The Kier molecular flexibility index (Phi) is 4.30. The molecule has 0 unspecified atom stereocenters. The third-order valence-electron chi connectivity index (χ3n) is 3.44. The van der Waals surface area contributed by atoms with Gasteiger partial charge in [0.05, 0.1) is 0 Å². The van der Waals surface area contributed by atoms with E-state index in [0.29, 0.717) is 12.5 Å². The Balaban J connectivity index is 1.64. The van der Waals surface area contributed by atoms with Crippen molar-refractivity contribution < 1.29 is 0 Å². The van der Waals surface area contributed by atoms with Crippen LogP contribution in [-0.2, 0) is 6.42 Å². The molecule has 4 N–H and O–H groups in total. The molecule has 0 saturated carbocycles. The molecule has 22 heavy (non-hydrogen) atoms. The number of H-pyrrole nitrogens is 1.